The molecule has 1 heterocycles. The molecule has 88 valence electrons. The Hall–Kier alpha value is -1.48. The summed E-state index contributed by atoms with van der Waals surface area (Å²) >= 11 is 0. The number of carbonyl (C=O) groups is 1. The van der Waals surface area contributed by atoms with Gasteiger partial charge in [-0.1, -0.05) is 30.3 Å². The maximum Gasteiger partial charge on any atom is 0.179 e. The van der Waals surface area contributed by atoms with Gasteiger partial charge in [0.15, 0.2) is 24.7 Å². The van der Waals surface area contributed by atoms with Gasteiger partial charge in [-0.2, -0.15) is 0 Å². The van der Waals surface area contributed by atoms with Crippen molar-refractivity contribution in [1.29, 1.82) is 0 Å². The molecular weight excluding hydrogens is 278 g/mol. The molecule has 0 aliphatic heterocycles. The average Bonchev–Trinajstić information content (AvgIpc) is 2.30. The Morgan fingerprint density at radius 1 is 1.12 bits per heavy atom. The van der Waals surface area contributed by atoms with Crippen LogP contribution in [0.2, 0.25) is 0 Å². The summed E-state index contributed by atoms with van der Waals surface area (Å²) in [6, 6.07) is 13.9. The van der Waals surface area contributed by atoms with E-state index in [2.05, 4.69) is 12.1 Å². The zero-order chi connectivity index (χ0) is 11.4. The molecule has 1 aromatic heterocycles. The highest BCUT2D eigenvalue weighted by molar-refractivity contribution is 5.93. The summed E-state index contributed by atoms with van der Waals surface area (Å²) in [6.45, 7) is 2.38. The molecule has 17 heavy (non-hydrogen) atoms. The molecule has 1 aromatic carbocycles. The Balaban J connectivity index is 0.00000144. The van der Waals surface area contributed by atoms with Gasteiger partial charge < -0.3 is 17.0 Å². The van der Waals surface area contributed by atoms with Crippen LogP contribution < -0.4 is 21.5 Å². The lowest BCUT2D eigenvalue weighted by Crippen LogP contribution is -3.00. The van der Waals surface area contributed by atoms with Crippen LogP contribution >= 0.6 is 0 Å². The fourth-order valence-electron chi connectivity index (χ4n) is 1.62. The highest BCUT2D eigenvalue weighted by Crippen LogP contribution is 1.99. The number of carbonyl (C=O) groups excluding carboxylic acids is 1. The van der Waals surface area contributed by atoms with Crippen LogP contribution in [0, 0.1) is 0 Å². The Kier molecular flexibility index (Phi) is 5.04. The number of ketones is 1. The molecule has 0 fully saturated rings. The van der Waals surface area contributed by atoms with E-state index in [1.807, 2.05) is 47.3 Å². The quantitative estimate of drug-likeness (QED) is 0.537. The van der Waals surface area contributed by atoms with Crippen LogP contribution in [0.25, 0.3) is 0 Å². The molecule has 2 rings (SSSR count). The van der Waals surface area contributed by atoms with Crippen LogP contribution in [0.5, 0.6) is 0 Å². The van der Waals surface area contributed by atoms with Crippen LogP contribution in [0.1, 0.15) is 22.8 Å². The number of pyridine rings is 1. The molecule has 0 bridgehead atoms. The second-order valence-corrected chi connectivity index (χ2v) is 3.81. The molecule has 0 N–H and O–H groups in total. The molecule has 0 saturated heterocycles. The van der Waals surface area contributed by atoms with E-state index in [0.29, 0.717) is 0 Å². The molecular formula is C14H14BrNO. The zero-order valence-electron chi connectivity index (χ0n) is 9.64. The van der Waals surface area contributed by atoms with E-state index < -0.39 is 0 Å². The predicted octanol–water partition coefficient (Wildman–Crippen LogP) is -0.771. The number of halogens is 1. The third-order valence-corrected chi connectivity index (χ3v) is 2.47. The Labute approximate surface area is 112 Å². The molecule has 0 aliphatic rings. The summed E-state index contributed by atoms with van der Waals surface area (Å²) in [7, 11) is 0. The molecule has 2 aromatic rings. The lowest BCUT2D eigenvalue weighted by Gasteiger charge is -1.98. The van der Waals surface area contributed by atoms with Crippen LogP contribution in [0.3, 0.4) is 0 Å². The lowest BCUT2D eigenvalue weighted by molar-refractivity contribution is -0.688. The second-order valence-electron chi connectivity index (χ2n) is 3.81. The zero-order valence-corrected chi connectivity index (χ0v) is 11.2. The number of rotatable bonds is 3. The van der Waals surface area contributed by atoms with Crippen molar-refractivity contribution >= 4 is 5.78 Å². The smallest absolute Gasteiger partial charge is 0.179 e. The van der Waals surface area contributed by atoms with Crippen molar-refractivity contribution in [2.45, 2.75) is 13.5 Å². The fraction of sp³-hybridized carbons (Fsp3) is 0.143. The SMILES string of the molecule is CC(=O)c1ccc[n+](Cc2ccccc2)c1.[Br-]. The number of hydrogen-bond acceptors (Lipinski definition) is 1. The molecule has 0 radical (unpaired) electrons. The summed E-state index contributed by atoms with van der Waals surface area (Å²) in [5.41, 5.74) is 1.98. The van der Waals surface area contributed by atoms with Gasteiger partial charge >= 0.3 is 0 Å². The van der Waals surface area contributed by atoms with Crippen molar-refractivity contribution in [2.75, 3.05) is 0 Å². The minimum absolute atomic E-state index is 0. The monoisotopic (exact) mass is 291 g/mol. The van der Waals surface area contributed by atoms with Crippen molar-refractivity contribution in [1.82, 2.24) is 0 Å². The predicted molar refractivity (Wildman–Crippen MR) is 62.2 cm³/mol. The molecule has 0 unspecified atom stereocenters. The number of aromatic nitrogens is 1. The van der Waals surface area contributed by atoms with Crippen molar-refractivity contribution in [3.05, 3.63) is 66.0 Å². The van der Waals surface area contributed by atoms with Crippen molar-refractivity contribution in [3.63, 3.8) is 0 Å². The van der Waals surface area contributed by atoms with E-state index in [-0.39, 0.29) is 22.8 Å². The minimum atomic E-state index is 0. The number of benzene rings is 1. The normalized spacial score (nSPS) is 9.47. The molecule has 0 spiro atoms. The Morgan fingerprint density at radius 2 is 1.82 bits per heavy atom. The first-order valence-corrected chi connectivity index (χ1v) is 5.30. The van der Waals surface area contributed by atoms with Gasteiger partial charge in [0.25, 0.3) is 0 Å². The lowest BCUT2D eigenvalue weighted by atomic mass is 10.2. The summed E-state index contributed by atoms with van der Waals surface area (Å²) in [5.74, 6) is 0.0995. The van der Waals surface area contributed by atoms with Crippen molar-refractivity contribution in [2.24, 2.45) is 0 Å². The molecule has 2 nitrogen and oxygen atoms in total. The van der Waals surface area contributed by atoms with Gasteiger partial charge in [-0.25, -0.2) is 4.57 Å². The van der Waals surface area contributed by atoms with Crippen LogP contribution in [-0.4, -0.2) is 5.78 Å². The summed E-state index contributed by atoms with van der Waals surface area (Å²) in [4.78, 5) is 11.2. The summed E-state index contributed by atoms with van der Waals surface area (Å²) < 4.78 is 2.02. The van der Waals surface area contributed by atoms with Gasteiger partial charge in [0.1, 0.15) is 0 Å². The number of nitrogens with zero attached hydrogens (tertiary/aromatic N) is 1. The van der Waals surface area contributed by atoms with E-state index in [4.69, 9.17) is 0 Å². The molecule has 0 atom stereocenters. The topological polar surface area (TPSA) is 20.9 Å². The van der Waals surface area contributed by atoms with E-state index in [0.717, 1.165) is 12.1 Å². The Morgan fingerprint density at radius 3 is 2.47 bits per heavy atom. The van der Waals surface area contributed by atoms with E-state index >= 15 is 0 Å². The highest BCUT2D eigenvalue weighted by Gasteiger charge is 2.06. The summed E-state index contributed by atoms with van der Waals surface area (Å²) in [5, 5.41) is 0. The average molecular weight is 292 g/mol. The highest BCUT2D eigenvalue weighted by atomic mass is 79.9. The third kappa shape index (κ3) is 3.79. The van der Waals surface area contributed by atoms with Crippen LogP contribution in [0.15, 0.2) is 54.9 Å². The van der Waals surface area contributed by atoms with Gasteiger partial charge in [-0.15, -0.1) is 0 Å². The maximum absolute atomic E-state index is 11.2. The largest absolute Gasteiger partial charge is 1.00 e. The molecule has 0 amide bonds. The van der Waals surface area contributed by atoms with Gasteiger partial charge in [0.05, 0.1) is 5.56 Å². The van der Waals surface area contributed by atoms with E-state index in [1.54, 1.807) is 6.92 Å². The standard InChI is InChI=1S/C14H14NO.BrH/c1-12(16)14-8-5-9-15(11-14)10-13-6-3-2-4-7-13;/h2-9,11H,10H2,1H3;1H/q+1;/p-1. The van der Waals surface area contributed by atoms with E-state index in [1.165, 1.54) is 5.56 Å². The first-order valence-electron chi connectivity index (χ1n) is 5.30. The third-order valence-electron chi connectivity index (χ3n) is 2.47. The molecule has 0 saturated carbocycles. The Bertz CT molecular complexity index is 497. The first-order chi connectivity index (χ1) is 7.75. The van der Waals surface area contributed by atoms with Gasteiger partial charge in [0, 0.05) is 11.6 Å². The van der Waals surface area contributed by atoms with E-state index in [9.17, 15) is 4.79 Å². The molecule has 0 aliphatic carbocycles. The van der Waals surface area contributed by atoms with Gasteiger partial charge in [0.2, 0.25) is 0 Å². The first kappa shape index (κ1) is 13.6. The summed E-state index contributed by atoms with van der Waals surface area (Å²) in [6.07, 6.45) is 3.86. The fourth-order valence-corrected chi connectivity index (χ4v) is 1.62. The van der Waals surface area contributed by atoms with Gasteiger partial charge in [-0.3, -0.25) is 4.79 Å². The van der Waals surface area contributed by atoms with Crippen LogP contribution in [0.4, 0.5) is 0 Å². The number of Topliss-reactive ketones (excluding diaryl/α,β-unsaturated/α-hetero) is 1. The van der Waals surface area contributed by atoms with Crippen molar-refractivity contribution in [3.8, 4) is 0 Å². The van der Waals surface area contributed by atoms with Crippen molar-refractivity contribution < 1.29 is 26.3 Å². The minimum Gasteiger partial charge on any atom is -1.00 e. The van der Waals surface area contributed by atoms with Gasteiger partial charge in [-0.05, 0) is 13.0 Å². The number of hydrogen-bond donors (Lipinski definition) is 0. The second kappa shape index (κ2) is 6.30. The maximum atomic E-state index is 11.2. The molecule has 3 heteroatoms. The van der Waals surface area contributed by atoms with Crippen LogP contribution in [-0.2, 0) is 6.54 Å².